The van der Waals surface area contributed by atoms with Crippen LogP contribution in [0, 0.1) is 12.7 Å². The van der Waals surface area contributed by atoms with Crippen molar-refractivity contribution in [2.24, 2.45) is 0 Å². The Morgan fingerprint density at radius 2 is 2.12 bits per heavy atom. The lowest BCUT2D eigenvalue weighted by Gasteiger charge is -2.29. The number of benzene rings is 2. The highest BCUT2D eigenvalue weighted by atomic mass is 19.1. The molecule has 1 N–H and O–H groups in total. The van der Waals surface area contributed by atoms with Crippen LogP contribution in [0.2, 0.25) is 0 Å². The molecule has 0 spiro atoms. The average Bonchev–Trinajstić information content (AvgIpc) is 2.57. The molecule has 2 aromatic carbocycles. The van der Waals surface area contributed by atoms with Gasteiger partial charge in [-0.05, 0) is 36.8 Å². The average molecular weight is 344 g/mol. The van der Waals surface area contributed by atoms with Crippen LogP contribution in [0.1, 0.15) is 5.56 Å². The minimum absolute atomic E-state index is 0.0886. The Kier molecular flexibility index (Phi) is 4.56. The number of carbonyl (C=O) groups is 2. The molecule has 0 atom stereocenters. The van der Waals surface area contributed by atoms with E-state index in [9.17, 15) is 14.0 Å². The van der Waals surface area contributed by atoms with Crippen LogP contribution >= 0.6 is 0 Å². The summed E-state index contributed by atoms with van der Waals surface area (Å²) in [4.78, 5) is 25.7. The van der Waals surface area contributed by atoms with Crippen molar-refractivity contribution in [2.45, 2.75) is 6.92 Å². The molecule has 0 aliphatic carbocycles. The predicted octanol–water partition coefficient (Wildman–Crippen LogP) is 2.51. The van der Waals surface area contributed by atoms with Crippen molar-refractivity contribution >= 4 is 23.2 Å². The van der Waals surface area contributed by atoms with Gasteiger partial charge >= 0.3 is 0 Å². The number of hydrogen-bond donors (Lipinski definition) is 1. The number of nitrogens with zero attached hydrogens (tertiary/aromatic N) is 1. The van der Waals surface area contributed by atoms with Crippen molar-refractivity contribution in [3.05, 3.63) is 47.8 Å². The first kappa shape index (κ1) is 16.8. The van der Waals surface area contributed by atoms with Crippen molar-refractivity contribution in [2.75, 3.05) is 30.5 Å². The summed E-state index contributed by atoms with van der Waals surface area (Å²) in [5.74, 6) is -0.684. The molecule has 2 aromatic rings. The molecule has 1 aliphatic heterocycles. The van der Waals surface area contributed by atoms with Gasteiger partial charge in [0.05, 0.1) is 12.8 Å². The number of methoxy groups -OCH3 is 1. The second kappa shape index (κ2) is 6.80. The van der Waals surface area contributed by atoms with Gasteiger partial charge < -0.3 is 14.8 Å². The normalized spacial score (nSPS) is 13.1. The topological polar surface area (TPSA) is 67.9 Å². The Balaban J connectivity index is 1.75. The molecule has 0 unspecified atom stereocenters. The summed E-state index contributed by atoms with van der Waals surface area (Å²) in [6.07, 6.45) is 0. The van der Waals surface area contributed by atoms with Crippen molar-refractivity contribution in [1.29, 1.82) is 0 Å². The fraction of sp³-hybridized carbons (Fsp3) is 0.222. The smallest absolute Gasteiger partial charge is 0.265 e. The molecule has 7 heteroatoms. The number of nitrogens with one attached hydrogen (secondary N) is 1. The third kappa shape index (κ3) is 3.55. The Morgan fingerprint density at radius 1 is 1.32 bits per heavy atom. The standard InChI is InChI=1S/C18H17FN2O4/c1-11-3-5-14-16(7-11)25-10-18(23)21(14)9-17(22)20-12-4-6-15(24-2)13(19)8-12/h3-8H,9-10H2,1-2H3,(H,20,22). The summed E-state index contributed by atoms with van der Waals surface area (Å²) >= 11 is 0. The number of aryl methyl sites for hydroxylation is 1. The van der Waals surface area contributed by atoms with Gasteiger partial charge in [-0.2, -0.15) is 0 Å². The molecule has 0 bridgehead atoms. The van der Waals surface area contributed by atoms with Crippen molar-refractivity contribution < 1.29 is 23.5 Å². The molecule has 1 aliphatic rings. The lowest BCUT2D eigenvalue weighted by atomic mass is 10.1. The number of amides is 2. The number of hydrogen-bond acceptors (Lipinski definition) is 4. The lowest BCUT2D eigenvalue weighted by Crippen LogP contribution is -2.43. The van der Waals surface area contributed by atoms with E-state index >= 15 is 0 Å². The van der Waals surface area contributed by atoms with Crippen LogP contribution < -0.4 is 19.7 Å². The van der Waals surface area contributed by atoms with Crippen LogP contribution in [0.3, 0.4) is 0 Å². The number of halogens is 1. The maximum Gasteiger partial charge on any atom is 0.265 e. The number of rotatable bonds is 4. The molecule has 0 fully saturated rings. The summed E-state index contributed by atoms with van der Waals surface area (Å²) < 4.78 is 23.9. The monoisotopic (exact) mass is 344 g/mol. The van der Waals surface area contributed by atoms with Crippen LogP contribution in [0.5, 0.6) is 11.5 Å². The fourth-order valence-corrected chi connectivity index (χ4v) is 2.57. The highest BCUT2D eigenvalue weighted by Crippen LogP contribution is 2.32. The van der Waals surface area contributed by atoms with Crippen LogP contribution in [0.4, 0.5) is 15.8 Å². The number of fused-ring (bicyclic) bond motifs is 1. The Bertz CT molecular complexity index is 838. The third-order valence-corrected chi connectivity index (χ3v) is 3.80. The van der Waals surface area contributed by atoms with E-state index in [2.05, 4.69) is 5.32 Å². The zero-order chi connectivity index (χ0) is 18.0. The molecular formula is C18H17FN2O4. The van der Waals surface area contributed by atoms with Crippen LogP contribution in [-0.4, -0.2) is 32.1 Å². The molecule has 6 nitrogen and oxygen atoms in total. The largest absolute Gasteiger partial charge is 0.494 e. The number of carbonyl (C=O) groups excluding carboxylic acids is 2. The summed E-state index contributed by atoms with van der Waals surface area (Å²) in [6, 6.07) is 9.49. The lowest BCUT2D eigenvalue weighted by molar-refractivity contribution is -0.123. The molecule has 130 valence electrons. The van der Waals surface area contributed by atoms with Crippen LogP contribution in [0.15, 0.2) is 36.4 Å². The Labute approximate surface area is 144 Å². The van der Waals surface area contributed by atoms with Gasteiger partial charge in [-0.1, -0.05) is 6.07 Å². The zero-order valence-electron chi connectivity index (χ0n) is 13.8. The molecule has 2 amide bonds. The first-order valence-electron chi connectivity index (χ1n) is 7.65. The van der Waals surface area contributed by atoms with Gasteiger partial charge in [-0.3, -0.25) is 14.5 Å². The maximum absolute atomic E-state index is 13.7. The fourth-order valence-electron chi connectivity index (χ4n) is 2.57. The first-order chi connectivity index (χ1) is 12.0. The minimum atomic E-state index is -0.580. The molecule has 3 rings (SSSR count). The van der Waals surface area contributed by atoms with E-state index < -0.39 is 11.7 Å². The maximum atomic E-state index is 13.7. The molecule has 1 heterocycles. The van der Waals surface area contributed by atoms with Gasteiger partial charge in [-0.15, -0.1) is 0 Å². The second-order valence-corrected chi connectivity index (χ2v) is 5.64. The summed E-state index contributed by atoms with van der Waals surface area (Å²) in [5, 5.41) is 2.57. The van der Waals surface area contributed by atoms with Gasteiger partial charge in [0.1, 0.15) is 12.3 Å². The van der Waals surface area contributed by atoms with Gasteiger partial charge in [0.25, 0.3) is 5.91 Å². The van der Waals surface area contributed by atoms with E-state index in [1.165, 1.54) is 24.1 Å². The Morgan fingerprint density at radius 3 is 2.84 bits per heavy atom. The highest BCUT2D eigenvalue weighted by molar-refractivity contribution is 6.05. The number of ether oxygens (including phenoxy) is 2. The summed E-state index contributed by atoms with van der Waals surface area (Å²) in [6.45, 7) is 1.60. The Hall–Kier alpha value is -3.09. The van der Waals surface area contributed by atoms with Crippen molar-refractivity contribution in [3.8, 4) is 11.5 Å². The zero-order valence-corrected chi connectivity index (χ0v) is 13.8. The molecule has 0 radical (unpaired) electrons. The molecule has 25 heavy (non-hydrogen) atoms. The van der Waals surface area contributed by atoms with E-state index in [0.29, 0.717) is 11.4 Å². The minimum Gasteiger partial charge on any atom is -0.494 e. The van der Waals surface area contributed by atoms with Crippen molar-refractivity contribution in [1.82, 2.24) is 0 Å². The molecule has 0 saturated carbocycles. The van der Waals surface area contributed by atoms with E-state index in [1.807, 2.05) is 19.1 Å². The molecule has 0 aromatic heterocycles. The van der Waals surface area contributed by atoms with Gasteiger partial charge in [0.2, 0.25) is 5.91 Å². The summed E-state index contributed by atoms with van der Waals surface area (Å²) in [7, 11) is 1.36. The first-order valence-corrected chi connectivity index (χ1v) is 7.65. The third-order valence-electron chi connectivity index (χ3n) is 3.80. The van der Waals surface area contributed by atoms with Gasteiger partial charge in [-0.25, -0.2) is 4.39 Å². The van der Waals surface area contributed by atoms with Crippen LogP contribution in [0.25, 0.3) is 0 Å². The number of anilines is 2. The van der Waals surface area contributed by atoms with E-state index in [0.717, 1.165) is 11.6 Å². The van der Waals surface area contributed by atoms with E-state index in [4.69, 9.17) is 9.47 Å². The quantitative estimate of drug-likeness (QED) is 0.925. The molecule has 0 saturated heterocycles. The van der Waals surface area contributed by atoms with Gasteiger partial charge in [0, 0.05) is 11.8 Å². The van der Waals surface area contributed by atoms with Crippen LogP contribution in [-0.2, 0) is 9.59 Å². The highest BCUT2D eigenvalue weighted by Gasteiger charge is 2.27. The van der Waals surface area contributed by atoms with Crippen molar-refractivity contribution in [3.63, 3.8) is 0 Å². The SMILES string of the molecule is COc1ccc(NC(=O)CN2C(=O)COc3cc(C)ccc32)cc1F. The summed E-state index contributed by atoms with van der Waals surface area (Å²) in [5.41, 5.74) is 1.82. The van der Waals surface area contributed by atoms with Gasteiger partial charge in [0.15, 0.2) is 18.2 Å². The second-order valence-electron chi connectivity index (χ2n) is 5.64. The molecular weight excluding hydrogens is 327 g/mol. The van der Waals surface area contributed by atoms with E-state index in [-0.39, 0.29) is 30.5 Å². The predicted molar refractivity (Wildman–Crippen MR) is 90.6 cm³/mol. The van der Waals surface area contributed by atoms with E-state index in [1.54, 1.807) is 6.07 Å².